The first-order valence-corrected chi connectivity index (χ1v) is 6.01. The third kappa shape index (κ3) is 2.44. The van der Waals surface area contributed by atoms with E-state index in [0.717, 1.165) is 6.42 Å². The first-order valence-electron chi connectivity index (χ1n) is 6.01. The number of hydrogen-bond donors (Lipinski definition) is 1. The lowest BCUT2D eigenvalue weighted by atomic mass is 10.1. The average Bonchev–Trinajstić information content (AvgIpc) is 2.77. The van der Waals surface area contributed by atoms with E-state index in [0.29, 0.717) is 12.1 Å². The standard InChI is InChI=1S/C15H19N/c1-3-13-10-7-11-15(13)16-12(2)14-8-5-4-6-9-14/h4-6,8-9,12,15-16H,1,7,10-11H2,2H3. The Kier molecular flexibility index (Phi) is 3.61. The summed E-state index contributed by atoms with van der Waals surface area (Å²) >= 11 is 0. The Morgan fingerprint density at radius 1 is 1.38 bits per heavy atom. The van der Waals surface area contributed by atoms with E-state index in [-0.39, 0.29) is 0 Å². The molecule has 84 valence electrons. The van der Waals surface area contributed by atoms with Crippen molar-refractivity contribution in [1.29, 1.82) is 0 Å². The molecular formula is C15H19N. The maximum absolute atomic E-state index is 3.77. The molecule has 1 fully saturated rings. The predicted octanol–water partition coefficient (Wildman–Crippen LogP) is 3.60. The van der Waals surface area contributed by atoms with Gasteiger partial charge in [-0.2, -0.15) is 0 Å². The molecule has 0 bridgehead atoms. The van der Waals surface area contributed by atoms with Crippen molar-refractivity contribution in [2.45, 2.75) is 38.3 Å². The molecule has 2 unspecified atom stereocenters. The van der Waals surface area contributed by atoms with Gasteiger partial charge in [-0.25, -0.2) is 0 Å². The second-order valence-electron chi connectivity index (χ2n) is 4.45. The minimum absolute atomic E-state index is 0.396. The molecule has 0 saturated heterocycles. The van der Waals surface area contributed by atoms with Gasteiger partial charge in [-0.3, -0.25) is 0 Å². The van der Waals surface area contributed by atoms with Crippen LogP contribution in [-0.4, -0.2) is 6.04 Å². The van der Waals surface area contributed by atoms with Gasteiger partial charge in [0.15, 0.2) is 0 Å². The van der Waals surface area contributed by atoms with Gasteiger partial charge in [0, 0.05) is 12.1 Å². The van der Waals surface area contributed by atoms with Gasteiger partial charge in [0.2, 0.25) is 0 Å². The first-order chi connectivity index (χ1) is 7.81. The average molecular weight is 213 g/mol. The Morgan fingerprint density at radius 2 is 2.12 bits per heavy atom. The van der Waals surface area contributed by atoms with E-state index in [1.54, 1.807) is 0 Å². The maximum atomic E-state index is 3.77. The topological polar surface area (TPSA) is 12.0 Å². The molecule has 0 heterocycles. The van der Waals surface area contributed by atoms with Crippen LogP contribution in [0.25, 0.3) is 0 Å². The van der Waals surface area contributed by atoms with Crippen molar-refractivity contribution in [2.24, 2.45) is 0 Å². The zero-order valence-electron chi connectivity index (χ0n) is 9.87. The molecule has 1 aromatic carbocycles. The Hall–Kier alpha value is -1.30. The van der Waals surface area contributed by atoms with E-state index in [1.165, 1.54) is 24.0 Å². The van der Waals surface area contributed by atoms with E-state index in [9.17, 15) is 0 Å². The van der Waals surface area contributed by atoms with Crippen LogP contribution >= 0.6 is 0 Å². The fraction of sp³-hybridized carbons (Fsp3) is 0.400. The highest BCUT2D eigenvalue weighted by Crippen LogP contribution is 2.26. The molecule has 1 heteroatoms. The highest BCUT2D eigenvalue weighted by Gasteiger charge is 2.22. The van der Waals surface area contributed by atoms with Gasteiger partial charge in [-0.1, -0.05) is 36.9 Å². The van der Waals surface area contributed by atoms with Crippen molar-refractivity contribution in [1.82, 2.24) is 5.32 Å². The molecular weight excluding hydrogens is 194 g/mol. The summed E-state index contributed by atoms with van der Waals surface area (Å²) < 4.78 is 0. The molecule has 0 amide bonds. The molecule has 1 saturated carbocycles. The minimum Gasteiger partial charge on any atom is -0.303 e. The van der Waals surface area contributed by atoms with Gasteiger partial charge in [0.25, 0.3) is 0 Å². The molecule has 0 spiro atoms. The van der Waals surface area contributed by atoms with Crippen molar-refractivity contribution in [3.8, 4) is 0 Å². The lowest BCUT2D eigenvalue weighted by Crippen LogP contribution is -2.30. The molecule has 1 aliphatic carbocycles. The van der Waals surface area contributed by atoms with E-state index in [2.05, 4.69) is 54.9 Å². The number of rotatable bonds is 3. The van der Waals surface area contributed by atoms with Crippen LogP contribution in [0.15, 0.2) is 48.2 Å². The van der Waals surface area contributed by atoms with Crippen LogP contribution in [0.4, 0.5) is 0 Å². The first kappa shape index (κ1) is 11.2. The van der Waals surface area contributed by atoms with Crippen LogP contribution in [-0.2, 0) is 0 Å². The quantitative estimate of drug-likeness (QED) is 0.756. The zero-order chi connectivity index (χ0) is 11.4. The summed E-state index contributed by atoms with van der Waals surface area (Å²) in [5.74, 6) is 0. The molecule has 0 aromatic heterocycles. The Labute approximate surface area is 97.9 Å². The number of benzene rings is 1. The highest BCUT2D eigenvalue weighted by atomic mass is 15.0. The molecule has 2 rings (SSSR count). The molecule has 1 aliphatic rings. The Bertz CT molecular complexity index is 387. The van der Waals surface area contributed by atoms with Crippen LogP contribution in [0, 0.1) is 0 Å². The van der Waals surface area contributed by atoms with Crippen LogP contribution < -0.4 is 5.32 Å². The molecule has 1 aromatic rings. The van der Waals surface area contributed by atoms with E-state index < -0.39 is 0 Å². The summed E-state index contributed by atoms with van der Waals surface area (Å²) in [5, 5.41) is 3.66. The monoisotopic (exact) mass is 213 g/mol. The van der Waals surface area contributed by atoms with E-state index in [4.69, 9.17) is 0 Å². The van der Waals surface area contributed by atoms with E-state index >= 15 is 0 Å². The summed E-state index contributed by atoms with van der Waals surface area (Å²) in [6, 6.07) is 11.5. The summed E-state index contributed by atoms with van der Waals surface area (Å²) in [6.45, 7) is 5.99. The van der Waals surface area contributed by atoms with Crippen molar-refractivity contribution >= 4 is 0 Å². The summed E-state index contributed by atoms with van der Waals surface area (Å²) in [7, 11) is 0. The molecule has 16 heavy (non-hydrogen) atoms. The molecule has 1 N–H and O–H groups in total. The van der Waals surface area contributed by atoms with Gasteiger partial charge in [0.05, 0.1) is 0 Å². The van der Waals surface area contributed by atoms with Crippen molar-refractivity contribution in [3.05, 3.63) is 53.8 Å². The molecule has 0 radical (unpaired) electrons. The normalized spacial score (nSPS) is 21.8. The SMILES string of the molecule is C=C=C1CCCC1NC(C)c1ccccc1. The minimum atomic E-state index is 0.396. The molecule has 2 atom stereocenters. The van der Waals surface area contributed by atoms with Gasteiger partial charge >= 0.3 is 0 Å². The second kappa shape index (κ2) is 5.16. The fourth-order valence-electron chi connectivity index (χ4n) is 2.38. The number of hydrogen-bond acceptors (Lipinski definition) is 1. The smallest absolute Gasteiger partial charge is 0.0359 e. The van der Waals surface area contributed by atoms with Crippen LogP contribution in [0.3, 0.4) is 0 Å². The van der Waals surface area contributed by atoms with Gasteiger partial charge < -0.3 is 5.32 Å². The van der Waals surface area contributed by atoms with Crippen LogP contribution in [0.5, 0.6) is 0 Å². The van der Waals surface area contributed by atoms with Gasteiger partial charge in [-0.15, -0.1) is 5.73 Å². The Morgan fingerprint density at radius 3 is 2.81 bits per heavy atom. The van der Waals surface area contributed by atoms with Gasteiger partial charge in [-0.05, 0) is 37.3 Å². The highest BCUT2D eigenvalue weighted by molar-refractivity contribution is 5.20. The summed E-state index contributed by atoms with van der Waals surface area (Å²) in [4.78, 5) is 0. The molecule has 1 nitrogen and oxygen atoms in total. The zero-order valence-corrected chi connectivity index (χ0v) is 9.87. The van der Waals surface area contributed by atoms with Crippen LogP contribution in [0.2, 0.25) is 0 Å². The predicted molar refractivity (Wildman–Crippen MR) is 68.3 cm³/mol. The summed E-state index contributed by atoms with van der Waals surface area (Å²) in [6.07, 6.45) is 3.63. The van der Waals surface area contributed by atoms with E-state index in [1.807, 2.05) is 0 Å². The van der Waals surface area contributed by atoms with Gasteiger partial charge in [0.1, 0.15) is 0 Å². The lowest BCUT2D eigenvalue weighted by molar-refractivity contribution is 0.502. The third-order valence-electron chi connectivity index (χ3n) is 3.34. The van der Waals surface area contributed by atoms with Crippen molar-refractivity contribution < 1.29 is 0 Å². The number of nitrogens with one attached hydrogen (secondary N) is 1. The maximum Gasteiger partial charge on any atom is 0.0359 e. The van der Waals surface area contributed by atoms with Crippen LogP contribution in [0.1, 0.15) is 37.8 Å². The van der Waals surface area contributed by atoms with Crippen molar-refractivity contribution in [3.63, 3.8) is 0 Å². The largest absolute Gasteiger partial charge is 0.303 e. The Balaban J connectivity index is 2.03. The fourth-order valence-corrected chi connectivity index (χ4v) is 2.38. The third-order valence-corrected chi connectivity index (χ3v) is 3.34. The summed E-state index contributed by atoms with van der Waals surface area (Å²) in [5.41, 5.74) is 5.77. The second-order valence-corrected chi connectivity index (χ2v) is 4.45. The molecule has 0 aliphatic heterocycles. The van der Waals surface area contributed by atoms with Crippen molar-refractivity contribution in [2.75, 3.05) is 0 Å². The lowest BCUT2D eigenvalue weighted by Gasteiger charge is -2.20.